The molecule has 1 heterocycles. The lowest BCUT2D eigenvalue weighted by Crippen LogP contribution is -2.15. The average Bonchev–Trinajstić information content (AvgIpc) is 2.67. The van der Waals surface area contributed by atoms with Gasteiger partial charge in [0.2, 0.25) is 5.91 Å². The predicted molar refractivity (Wildman–Crippen MR) is 102 cm³/mol. The molecule has 0 spiro atoms. The predicted octanol–water partition coefficient (Wildman–Crippen LogP) is 2.68. The van der Waals surface area contributed by atoms with Gasteiger partial charge in [-0.1, -0.05) is 6.07 Å². The summed E-state index contributed by atoms with van der Waals surface area (Å²) in [5.41, 5.74) is 1.04. The van der Waals surface area contributed by atoms with Gasteiger partial charge in [0.05, 0.1) is 25.2 Å². The van der Waals surface area contributed by atoms with Gasteiger partial charge in [0, 0.05) is 18.2 Å². The number of nitrogens with one attached hydrogen (secondary N) is 2. The first kappa shape index (κ1) is 20.8. The third-order valence-corrected chi connectivity index (χ3v) is 3.44. The SMILES string of the molecule is CCOC(=O)CCC(=O)Nc1cc(Nc2cccc(C(=O)OCC)c2)ncn1. The number of hydrogen-bond acceptors (Lipinski definition) is 8. The van der Waals surface area contributed by atoms with E-state index < -0.39 is 11.9 Å². The number of ether oxygens (including phenoxy) is 2. The fourth-order valence-electron chi connectivity index (χ4n) is 2.23. The van der Waals surface area contributed by atoms with Crippen molar-refractivity contribution in [2.45, 2.75) is 26.7 Å². The number of rotatable bonds is 9. The summed E-state index contributed by atoms with van der Waals surface area (Å²) in [4.78, 5) is 43.1. The highest BCUT2D eigenvalue weighted by Gasteiger charge is 2.10. The lowest BCUT2D eigenvalue weighted by atomic mass is 10.2. The largest absolute Gasteiger partial charge is 0.466 e. The van der Waals surface area contributed by atoms with E-state index in [1.165, 1.54) is 6.33 Å². The van der Waals surface area contributed by atoms with Gasteiger partial charge in [0.25, 0.3) is 0 Å². The van der Waals surface area contributed by atoms with Crippen LogP contribution in [0.2, 0.25) is 0 Å². The number of amides is 1. The van der Waals surface area contributed by atoms with Crippen LogP contribution in [0.4, 0.5) is 17.3 Å². The van der Waals surface area contributed by atoms with Gasteiger partial charge in [-0.2, -0.15) is 0 Å². The van der Waals surface area contributed by atoms with Gasteiger partial charge in [0.15, 0.2) is 0 Å². The minimum absolute atomic E-state index is 0.00346. The molecular weight excluding hydrogens is 364 g/mol. The van der Waals surface area contributed by atoms with Crippen molar-refractivity contribution in [2.24, 2.45) is 0 Å². The number of aromatic nitrogens is 2. The molecule has 0 saturated heterocycles. The topological polar surface area (TPSA) is 120 Å². The third-order valence-electron chi connectivity index (χ3n) is 3.44. The smallest absolute Gasteiger partial charge is 0.338 e. The summed E-state index contributed by atoms with van der Waals surface area (Å²) in [6.45, 7) is 4.01. The van der Waals surface area contributed by atoms with Gasteiger partial charge in [-0.05, 0) is 32.0 Å². The summed E-state index contributed by atoms with van der Waals surface area (Å²) in [6.07, 6.45) is 1.28. The van der Waals surface area contributed by atoms with Crippen molar-refractivity contribution in [3.05, 3.63) is 42.2 Å². The number of hydrogen-bond donors (Lipinski definition) is 2. The summed E-state index contributed by atoms with van der Waals surface area (Å²) in [6, 6.07) is 8.31. The van der Waals surface area contributed by atoms with Crippen LogP contribution < -0.4 is 10.6 Å². The van der Waals surface area contributed by atoms with E-state index in [0.29, 0.717) is 23.7 Å². The molecule has 9 heteroatoms. The van der Waals surface area contributed by atoms with Crippen LogP contribution in [-0.2, 0) is 19.1 Å². The fourth-order valence-corrected chi connectivity index (χ4v) is 2.23. The lowest BCUT2D eigenvalue weighted by Gasteiger charge is -2.09. The Bertz CT molecular complexity index is 841. The van der Waals surface area contributed by atoms with Crippen molar-refractivity contribution in [1.29, 1.82) is 0 Å². The number of nitrogens with zero attached hydrogens (tertiary/aromatic N) is 2. The van der Waals surface area contributed by atoms with Gasteiger partial charge in [-0.3, -0.25) is 9.59 Å². The first-order valence-corrected chi connectivity index (χ1v) is 8.83. The van der Waals surface area contributed by atoms with Gasteiger partial charge in [0.1, 0.15) is 18.0 Å². The molecule has 2 N–H and O–H groups in total. The Labute approximate surface area is 162 Å². The summed E-state index contributed by atoms with van der Waals surface area (Å²) < 4.78 is 9.76. The second-order valence-electron chi connectivity index (χ2n) is 5.57. The Hall–Kier alpha value is -3.49. The molecule has 1 amide bonds. The van der Waals surface area contributed by atoms with Crippen molar-refractivity contribution >= 4 is 35.2 Å². The molecule has 0 bridgehead atoms. The van der Waals surface area contributed by atoms with Crippen LogP contribution >= 0.6 is 0 Å². The van der Waals surface area contributed by atoms with Crippen molar-refractivity contribution < 1.29 is 23.9 Å². The molecule has 0 aliphatic rings. The Morgan fingerprint density at radius 3 is 2.46 bits per heavy atom. The monoisotopic (exact) mass is 386 g/mol. The highest BCUT2D eigenvalue weighted by atomic mass is 16.5. The van der Waals surface area contributed by atoms with E-state index in [-0.39, 0.29) is 31.2 Å². The number of esters is 2. The Morgan fingerprint density at radius 2 is 1.71 bits per heavy atom. The van der Waals surface area contributed by atoms with Crippen LogP contribution in [0, 0.1) is 0 Å². The zero-order chi connectivity index (χ0) is 20.4. The first-order chi connectivity index (χ1) is 13.5. The van der Waals surface area contributed by atoms with Crippen LogP contribution in [0.15, 0.2) is 36.7 Å². The van der Waals surface area contributed by atoms with E-state index >= 15 is 0 Å². The molecule has 0 unspecified atom stereocenters. The molecule has 1 aromatic carbocycles. The number of carbonyl (C=O) groups is 3. The maximum Gasteiger partial charge on any atom is 0.338 e. The van der Waals surface area contributed by atoms with Crippen molar-refractivity contribution in [3.8, 4) is 0 Å². The molecule has 28 heavy (non-hydrogen) atoms. The number of anilines is 3. The van der Waals surface area contributed by atoms with Crippen LogP contribution in [0.1, 0.15) is 37.0 Å². The molecule has 0 aliphatic heterocycles. The Balaban J connectivity index is 1.98. The molecule has 0 saturated carbocycles. The Kier molecular flexibility index (Phi) is 7.89. The molecule has 0 radical (unpaired) electrons. The van der Waals surface area contributed by atoms with Gasteiger partial charge in [-0.25, -0.2) is 14.8 Å². The molecule has 2 rings (SSSR count). The number of carbonyl (C=O) groups excluding carboxylic acids is 3. The summed E-state index contributed by atoms with van der Waals surface area (Å²) in [5.74, 6) is -0.487. The minimum atomic E-state index is -0.427. The van der Waals surface area contributed by atoms with Crippen molar-refractivity contribution in [2.75, 3.05) is 23.8 Å². The maximum absolute atomic E-state index is 11.9. The van der Waals surface area contributed by atoms with Gasteiger partial charge in [-0.15, -0.1) is 0 Å². The third kappa shape index (κ3) is 6.67. The molecule has 0 aliphatic carbocycles. The van der Waals surface area contributed by atoms with Crippen LogP contribution in [0.3, 0.4) is 0 Å². The van der Waals surface area contributed by atoms with E-state index in [1.807, 2.05) is 0 Å². The van der Waals surface area contributed by atoms with E-state index in [1.54, 1.807) is 44.2 Å². The van der Waals surface area contributed by atoms with E-state index in [2.05, 4.69) is 20.6 Å². The zero-order valence-electron chi connectivity index (χ0n) is 15.7. The Morgan fingerprint density at radius 1 is 0.964 bits per heavy atom. The summed E-state index contributed by atoms with van der Waals surface area (Å²) >= 11 is 0. The van der Waals surface area contributed by atoms with Gasteiger partial charge >= 0.3 is 11.9 Å². The highest BCUT2D eigenvalue weighted by molar-refractivity contribution is 5.92. The lowest BCUT2D eigenvalue weighted by molar-refractivity contribution is -0.144. The van der Waals surface area contributed by atoms with E-state index in [0.717, 1.165) is 0 Å². The molecule has 0 fully saturated rings. The second-order valence-corrected chi connectivity index (χ2v) is 5.57. The highest BCUT2D eigenvalue weighted by Crippen LogP contribution is 2.18. The van der Waals surface area contributed by atoms with Crippen molar-refractivity contribution in [3.63, 3.8) is 0 Å². The zero-order valence-corrected chi connectivity index (χ0v) is 15.7. The molecule has 0 atom stereocenters. The fraction of sp³-hybridized carbons (Fsp3) is 0.316. The molecule has 2 aromatic rings. The van der Waals surface area contributed by atoms with E-state index in [9.17, 15) is 14.4 Å². The molecule has 1 aromatic heterocycles. The number of benzene rings is 1. The molecule has 9 nitrogen and oxygen atoms in total. The standard InChI is InChI=1S/C19H22N4O5/c1-3-27-18(25)9-8-17(24)23-16-11-15(20-12-21-16)22-14-7-5-6-13(10-14)19(26)28-4-2/h5-7,10-12H,3-4,8-9H2,1-2H3,(H2,20,21,22,23,24). The maximum atomic E-state index is 11.9. The van der Waals surface area contributed by atoms with Crippen LogP contribution in [-0.4, -0.2) is 41.0 Å². The van der Waals surface area contributed by atoms with Crippen LogP contribution in [0.5, 0.6) is 0 Å². The summed E-state index contributed by atoms with van der Waals surface area (Å²) in [5, 5.41) is 5.64. The normalized spacial score (nSPS) is 10.1. The molecular formula is C19H22N4O5. The summed E-state index contributed by atoms with van der Waals surface area (Å²) in [7, 11) is 0. The van der Waals surface area contributed by atoms with Crippen LogP contribution in [0.25, 0.3) is 0 Å². The quantitative estimate of drug-likeness (QED) is 0.631. The van der Waals surface area contributed by atoms with Crippen molar-refractivity contribution in [1.82, 2.24) is 9.97 Å². The van der Waals surface area contributed by atoms with Gasteiger partial charge < -0.3 is 20.1 Å². The average molecular weight is 386 g/mol. The first-order valence-electron chi connectivity index (χ1n) is 8.83. The minimum Gasteiger partial charge on any atom is -0.466 e. The molecule has 148 valence electrons. The van der Waals surface area contributed by atoms with E-state index in [4.69, 9.17) is 9.47 Å². The second kappa shape index (κ2) is 10.6.